The van der Waals surface area contributed by atoms with Crippen molar-refractivity contribution in [1.29, 1.82) is 0 Å². The zero-order valence-electron chi connectivity index (χ0n) is 14.2. The molecule has 1 amide bonds. The van der Waals surface area contributed by atoms with Crippen LogP contribution >= 0.6 is 0 Å². The fourth-order valence-electron chi connectivity index (χ4n) is 2.41. The fraction of sp³-hybridized carbons (Fsp3) is 0.105. The second kappa shape index (κ2) is 7.88. The lowest BCUT2D eigenvalue weighted by molar-refractivity contribution is 0.102. The van der Waals surface area contributed by atoms with Crippen LogP contribution in [-0.4, -0.2) is 28.3 Å². The van der Waals surface area contributed by atoms with Gasteiger partial charge in [0.15, 0.2) is 17.5 Å². The molecule has 3 aromatic rings. The number of carbonyl (C=O) groups is 1. The van der Waals surface area contributed by atoms with Gasteiger partial charge in [0.1, 0.15) is 5.75 Å². The van der Waals surface area contributed by atoms with Crippen molar-refractivity contribution in [3.05, 3.63) is 71.3 Å². The van der Waals surface area contributed by atoms with Crippen LogP contribution in [-0.2, 0) is 6.61 Å². The van der Waals surface area contributed by atoms with Gasteiger partial charge >= 0.3 is 0 Å². The van der Waals surface area contributed by atoms with Crippen LogP contribution in [0.1, 0.15) is 15.9 Å². The number of aliphatic hydroxyl groups is 1. The van der Waals surface area contributed by atoms with Gasteiger partial charge in [-0.1, -0.05) is 18.2 Å². The van der Waals surface area contributed by atoms with Crippen molar-refractivity contribution in [2.24, 2.45) is 0 Å². The maximum Gasteiger partial charge on any atom is 0.259 e. The van der Waals surface area contributed by atoms with Crippen molar-refractivity contribution >= 4 is 11.7 Å². The molecule has 3 rings (SSSR count). The molecule has 0 unspecified atom stereocenters. The largest absolute Gasteiger partial charge is 0.497 e. The third-order valence-corrected chi connectivity index (χ3v) is 3.85. The van der Waals surface area contributed by atoms with Crippen molar-refractivity contribution in [3.63, 3.8) is 0 Å². The number of ether oxygens (including phenoxy) is 1. The predicted molar refractivity (Wildman–Crippen MR) is 94.3 cm³/mol. The number of rotatable bonds is 5. The number of nitrogens with zero attached hydrogens (tertiary/aromatic N) is 2. The van der Waals surface area contributed by atoms with Gasteiger partial charge in [-0.2, -0.15) is 0 Å². The van der Waals surface area contributed by atoms with Gasteiger partial charge in [0.25, 0.3) is 5.91 Å². The lowest BCUT2D eigenvalue weighted by Crippen LogP contribution is -2.16. The first-order valence-electron chi connectivity index (χ1n) is 7.90. The van der Waals surface area contributed by atoms with Gasteiger partial charge in [0.05, 0.1) is 25.0 Å². The highest BCUT2D eigenvalue weighted by molar-refractivity contribution is 6.04. The number of halogens is 2. The van der Waals surface area contributed by atoms with Crippen LogP contribution in [0.4, 0.5) is 14.6 Å². The SMILES string of the molecule is COc1cccc(-c2ccc(NC(=O)c3ccc(CO)c(F)c3F)nn2)c1. The van der Waals surface area contributed by atoms with E-state index in [1.54, 1.807) is 31.4 Å². The molecule has 0 aliphatic rings. The van der Waals surface area contributed by atoms with Gasteiger partial charge in [-0.15, -0.1) is 10.2 Å². The van der Waals surface area contributed by atoms with Crippen molar-refractivity contribution in [2.75, 3.05) is 12.4 Å². The maximum absolute atomic E-state index is 14.0. The highest BCUT2D eigenvalue weighted by atomic mass is 19.2. The maximum atomic E-state index is 14.0. The van der Waals surface area contributed by atoms with Crippen molar-refractivity contribution in [3.8, 4) is 17.0 Å². The first-order valence-corrected chi connectivity index (χ1v) is 7.90. The molecule has 0 fully saturated rings. The smallest absolute Gasteiger partial charge is 0.259 e. The van der Waals surface area contributed by atoms with E-state index in [4.69, 9.17) is 9.84 Å². The van der Waals surface area contributed by atoms with Crippen molar-refractivity contribution < 1.29 is 23.4 Å². The van der Waals surface area contributed by atoms with E-state index in [9.17, 15) is 13.6 Å². The number of hydrogen-bond acceptors (Lipinski definition) is 5. The van der Waals surface area contributed by atoms with E-state index in [1.807, 2.05) is 6.07 Å². The number of amides is 1. The van der Waals surface area contributed by atoms with Crippen LogP contribution in [0.3, 0.4) is 0 Å². The molecule has 0 bridgehead atoms. The van der Waals surface area contributed by atoms with Gasteiger partial charge < -0.3 is 15.2 Å². The first-order chi connectivity index (χ1) is 13.0. The van der Waals surface area contributed by atoms with E-state index in [1.165, 1.54) is 6.07 Å². The molecule has 2 aromatic carbocycles. The Balaban J connectivity index is 1.78. The van der Waals surface area contributed by atoms with Crippen molar-refractivity contribution in [1.82, 2.24) is 10.2 Å². The fourth-order valence-corrected chi connectivity index (χ4v) is 2.41. The Hall–Kier alpha value is -3.39. The Morgan fingerprint density at radius 2 is 1.93 bits per heavy atom. The van der Waals surface area contributed by atoms with Crippen LogP contribution in [0.25, 0.3) is 11.3 Å². The molecule has 8 heteroatoms. The molecule has 138 valence electrons. The summed E-state index contributed by atoms with van der Waals surface area (Å²) in [6.07, 6.45) is 0. The topological polar surface area (TPSA) is 84.3 Å². The van der Waals surface area contributed by atoms with Gasteiger partial charge in [-0.05, 0) is 30.3 Å². The molecule has 27 heavy (non-hydrogen) atoms. The number of benzene rings is 2. The molecule has 2 N–H and O–H groups in total. The van der Waals surface area contributed by atoms with Gasteiger partial charge in [-0.3, -0.25) is 4.79 Å². The Kier molecular flexibility index (Phi) is 5.37. The minimum atomic E-state index is -1.33. The molecular weight excluding hydrogens is 356 g/mol. The average Bonchev–Trinajstić information content (AvgIpc) is 2.70. The molecule has 0 saturated carbocycles. The molecule has 0 aliphatic carbocycles. The summed E-state index contributed by atoms with van der Waals surface area (Å²) in [5.74, 6) is -2.72. The monoisotopic (exact) mass is 371 g/mol. The molecule has 1 aromatic heterocycles. The summed E-state index contributed by atoms with van der Waals surface area (Å²) in [5, 5.41) is 19.2. The Labute approximate surface area is 153 Å². The van der Waals surface area contributed by atoms with E-state index in [0.29, 0.717) is 11.4 Å². The normalized spacial score (nSPS) is 10.5. The summed E-state index contributed by atoms with van der Waals surface area (Å²) in [6, 6.07) is 12.6. The van der Waals surface area contributed by atoms with E-state index < -0.39 is 29.7 Å². The van der Waals surface area contributed by atoms with Crippen LogP contribution < -0.4 is 10.1 Å². The van der Waals surface area contributed by atoms with E-state index >= 15 is 0 Å². The predicted octanol–water partition coefficient (Wildman–Crippen LogP) is 3.18. The molecule has 0 saturated heterocycles. The molecule has 0 atom stereocenters. The van der Waals surface area contributed by atoms with Crippen LogP contribution in [0.15, 0.2) is 48.5 Å². The minimum absolute atomic E-state index is 0.0812. The summed E-state index contributed by atoms with van der Waals surface area (Å²) in [4.78, 5) is 12.2. The third-order valence-electron chi connectivity index (χ3n) is 3.85. The number of methoxy groups -OCH3 is 1. The summed E-state index contributed by atoms with van der Waals surface area (Å²) in [6.45, 7) is -0.665. The zero-order chi connectivity index (χ0) is 19.4. The second-order valence-corrected chi connectivity index (χ2v) is 5.55. The third kappa shape index (κ3) is 3.90. The number of carbonyl (C=O) groups excluding carboxylic acids is 1. The molecule has 0 radical (unpaired) electrons. The molecule has 1 heterocycles. The lowest BCUT2D eigenvalue weighted by atomic mass is 10.1. The minimum Gasteiger partial charge on any atom is -0.497 e. The number of anilines is 1. The van der Waals surface area contributed by atoms with Crippen molar-refractivity contribution in [2.45, 2.75) is 6.61 Å². The summed E-state index contributed by atoms with van der Waals surface area (Å²) in [7, 11) is 1.55. The van der Waals surface area contributed by atoms with Crippen LogP contribution in [0, 0.1) is 11.6 Å². The zero-order valence-corrected chi connectivity index (χ0v) is 14.2. The average molecular weight is 371 g/mol. The van der Waals surface area contributed by atoms with Crippen LogP contribution in [0.2, 0.25) is 0 Å². The van der Waals surface area contributed by atoms with E-state index in [-0.39, 0.29) is 11.4 Å². The Bertz CT molecular complexity index is 978. The van der Waals surface area contributed by atoms with E-state index in [0.717, 1.165) is 17.7 Å². The highest BCUT2D eigenvalue weighted by Gasteiger charge is 2.19. The highest BCUT2D eigenvalue weighted by Crippen LogP contribution is 2.22. The number of nitrogens with one attached hydrogen (secondary N) is 1. The second-order valence-electron chi connectivity index (χ2n) is 5.55. The lowest BCUT2D eigenvalue weighted by Gasteiger charge is -2.08. The molecule has 6 nitrogen and oxygen atoms in total. The summed E-state index contributed by atoms with van der Waals surface area (Å²) >= 11 is 0. The number of aromatic nitrogens is 2. The number of hydrogen-bond donors (Lipinski definition) is 2. The van der Waals surface area contributed by atoms with Gasteiger partial charge in [0.2, 0.25) is 0 Å². The first kappa shape index (κ1) is 18.4. The van der Waals surface area contributed by atoms with Gasteiger partial charge in [-0.25, -0.2) is 8.78 Å². The summed E-state index contributed by atoms with van der Waals surface area (Å²) < 4.78 is 32.8. The molecule has 0 aliphatic heterocycles. The molecular formula is C19H15F2N3O3. The Morgan fingerprint density at radius 3 is 2.59 bits per heavy atom. The molecule has 0 spiro atoms. The summed E-state index contributed by atoms with van der Waals surface area (Å²) in [5.41, 5.74) is 0.596. The quantitative estimate of drug-likeness (QED) is 0.720. The van der Waals surface area contributed by atoms with E-state index in [2.05, 4.69) is 15.5 Å². The number of aliphatic hydroxyl groups excluding tert-OH is 1. The van der Waals surface area contributed by atoms with Gasteiger partial charge in [0, 0.05) is 11.1 Å². The van der Waals surface area contributed by atoms with Crippen LogP contribution in [0.5, 0.6) is 5.75 Å². The standard InChI is InChI=1S/C19H15F2N3O3/c1-27-13-4-2-3-11(9-13)15-7-8-16(24-23-15)22-19(26)14-6-5-12(10-25)17(20)18(14)21/h2-9,25H,10H2,1H3,(H,22,24,26). The Morgan fingerprint density at radius 1 is 1.11 bits per heavy atom.